The van der Waals surface area contributed by atoms with E-state index in [-0.39, 0.29) is 17.6 Å². The summed E-state index contributed by atoms with van der Waals surface area (Å²) in [6.45, 7) is 6.26. The van der Waals surface area contributed by atoms with E-state index in [9.17, 15) is 13.2 Å². The molecule has 1 heterocycles. The highest BCUT2D eigenvalue weighted by Crippen LogP contribution is 2.25. The number of carbonyl (C=O) groups is 1. The van der Waals surface area contributed by atoms with E-state index in [0.29, 0.717) is 18.7 Å². The fourth-order valence-corrected chi connectivity index (χ4v) is 4.29. The lowest BCUT2D eigenvalue weighted by atomic mass is 9.95. The second-order valence-electron chi connectivity index (χ2n) is 6.48. The number of piperidine rings is 1. The van der Waals surface area contributed by atoms with Gasteiger partial charge in [-0.15, -0.1) is 0 Å². The van der Waals surface area contributed by atoms with Gasteiger partial charge in [0, 0.05) is 36.9 Å². The predicted molar refractivity (Wildman–Crippen MR) is 102 cm³/mol. The number of nitrogens with one attached hydrogen (secondary N) is 2. The predicted octanol–water partition coefficient (Wildman–Crippen LogP) is 2.58. The molecule has 6 nitrogen and oxygen atoms in total. The maximum atomic E-state index is 11.9. The molecule has 1 amide bonds. The number of carbonyl (C=O) groups excluding carboxylic acids is 1. The molecule has 1 aliphatic rings. The van der Waals surface area contributed by atoms with E-state index in [1.807, 2.05) is 26.0 Å². The second-order valence-corrected chi connectivity index (χ2v) is 8.32. The third kappa shape index (κ3) is 5.92. The van der Waals surface area contributed by atoms with Crippen LogP contribution in [0.2, 0.25) is 0 Å². The first-order chi connectivity index (χ1) is 11.9. The van der Waals surface area contributed by atoms with Gasteiger partial charge in [-0.2, -0.15) is 0 Å². The summed E-state index contributed by atoms with van der Waals surface area (Å²) < 4.78 is 26.5. The van der Waals surface area contributed by atoms with Gasteiger partial charge in [-0.05, 0) is 50.5 Å². The van der Waals surface area contributed by atoms with E-state index in [0.717, 1.165) is 38.0 Å². The topological polar surface area (TPSA) is 78.5 Å². The van der Waals surface area contributed by atoms with Crippen LogP contribution in [0.5, 0.6) is 0 Å². The van der Waals surface area contributed by atoms with Gasteiger partial charge in [0.25, 0.3) is 0 Å². The minimum absolute atomic E-state index is 0.0980. The van der Waals surface area contributed by atoms with E-state index in [4.69, 9.17) is 0 Å². The standard InChI is InChI=1S/C18H29N3O3S/c1-3-5-14-25(23,24)20-16-6-8-17(9-7-16)21-12-10-15(11-13-21)18(22)19-4-2/h6-9,15,20H,3-5,10-14H2,1-2H3,(H,19,22). The molecule has 0 unspecified atom stereocenters. The summed E-state index contributed by atoms with van der Waals surface area (Å²) in [5, 5.41) is 2.89. The van der Waals surface area contributed by atoms with Gasteiger partial charge in [-0.3, -0.25) is 9.52 Å². The van der Waals surface area contributed by atoms with Crippen molar-refractivity contribution in [3.63, 3.8) is 0 Å². The maximum Gasteiger partial charge on any atom is 0.232 e. The first kappa shape index (κ1) is 19.6. The largest absolute Gasteiger partial charge is 0.371 e. The van der Waals surface area contributed by atoms with Gasteiger partial charge >= 0.3 is 0 Å². The molecule has 140 valence electrons. The SMILES string of the molecule is CCCCS(=O)(=O)Nc1ccc(N2CCC(C(=O)NCC)CC2)cc1. The van der Waals surface area contributed by atoms with E-state index in [1.165, 1.54) is 0 Å². The molecule has 1 aromatic rings. The Kier molecular flexibility index (Phi) is 7.11. The number of nitrogens with zero attached hydrogens (tertiary/aromatic N) is 1. The molecule has 1 saturated heterocycles. The molecule has 0 saturated carbocycles. The van der Waals surface area contributed by atoms with Crippen LogP contribution in [0.15, 0.2) is 24.3 Å². The van der Waals surface area contributed by atoms with Crippen LogP contribution in [-0.2, 0) is 14.8 Å². The number of benzene rings is 1. The Morgan fingerprint density at radius 2 is 1.80 bits per heavy atom. The maximum absolute atomic E-state index is 11.9. The fraction of sp³-hybridized carbons (Fsp3) is 0.611. The number of anilines is 2. The minimum atomic E-state index is -3.26. The van der Waals surface area contributed by atoms with Crippen molar-refractivity contribution < 1.29 is 13.2 Å². The summed E-state index contributed by atoms with van der Waals surface area (Å²) in [7, 11) is -3.26. The van der Waals surface area contributed by atoms with Crippen molar-refractivity contribution in [2.75, 3.05) is 35.0 Å². The molecule has 2 N–H and O–H groups in total. The normalized spacial score (nSPS) is 15.8. The summed E-state index contributed by atoms with van der Waals surface area (Å²) in [6, 6.07) is 7.47. The van der Waals surface area contributed by atoms with Gasteiger partial charge in [0.1, 0.15) is 0 Å². The summed E-state index contributed by atoms with van der Waals surface area (Å²) in [5.41, 5.74) is 1.66. The molecule has 0 atom stereocenters. The molecule has 0 aromatic heterocycles. The first-order valence-corrected chi connectivity index (χ1v) is 10.7. The van der Waals surface area contributed by atoms with Crippen LogP contribution in [0.1, 0.15) is 39.5 Å². The Bertz CT molecular complexity index is 651. The molecule has 7 heteroatoms. The van der Waals surface area contributed by atoms with Crippen molar-refractivity contribution in [2.45, 2.75) is 39.5 Å². The van der Waals surface area contributed by atoms with Crippen LogP contribution in [0, 0.1) is 5.92 Å². The average molecular weight is 368 g/mol. The van der Waals surface area contributed by atoms with E-state index in [1.54, 1.807) is 12.1 Å². The quantitative estimate of drug-likeness (QED) is 0.740. The minimum Gasteiger partial charge on any atom is -0.371 e. The third-order valence-electron chi connectivity index (χ3n) is 4.49. The summed E-state index contributed by atoms with van der Waals surface area (Å²) in [4.78, 5) is 14.1. The van der Waals surface area contributed by atoms with Crippen molar-refractivity contribution in [1.29, 1.82) is 0 Å². The fourth-order valence-electron chi connectivity index (χ4n) is 3.02. The second kappa shape index (κ2) is 9.08. The van der Waals surface area contributed by atoms with Crippen molar-refractivity contribution in [3.8, 4) is 0 Å². The smallest absolute Gasteiger partial charge is 0.232 e. The van der Waals surface area contributed by atoms with Gasteiger partial charge in [-0.1, -0.05) is 13.3 Å². The Balaban J connectivity index is 1.90. The molecule has 0 radical (unpaired) electrons. The monoisotopic (exact) mass is 367 g/mol. The molecular formula is C18H29N3O3S. The highest BCUT2D eigenvalue weighted by molar-refractivity contribution is 7.92. The number of hydrogen-bond donors (Lipinski definition) is 2. The van der Waals surface area contributed by atoms with Gasteiger partial charge in [-0.25, -0.2) is 8.42 Å². The molecule has 1 aliphatic heterocycles. The van der Waals surface area contributed by atoms with Crippen LogP contribution >= 0.6 is 0 Å². The zero-order chi connectivity index (χ0) is 18.3. The van der Waals surface area contributed by atoms with Crippen molar-refractivity contribution >= 4 is 27.3 Å². The summed E-state index contributed by atoms with van der Waals surface area (Å²) in [6.07, 6.45) is 3.20. The lowest BCUT2D eigenvalue weighted by molar-refractivity contribution is -0.125. The van der Waals surface area contributed by atoms with E-state index < -0.39 is 10.0 Å². The molecule has 0 spiro atoms. The van der Waals surface area contributed by atoms with Gasteiger partial charge in [0.15, 0.2) is 0 Å². The third-order valence-corrected chi connectivity index (χ3v) is 5.86. The van der Waals surface area contributed by atoms with Crippen molar-refractivity contribution in [1.82, 2.24) is 5.32 Å². The molecule has 2 rings (SSSR count). The zero-order valence-corrected chi connectivity index (χ0v) is 15.9. The van der Waals surface area contributed by atoms with Gasteiger partial charge < -0.3 is 10.2 Å². The lowest BCUT2D eigenvalue weighted by Gasteiger charge is -2.33. The number of sulfonamides is 1. The highest BCUT2D eigenvalue weighted by atomic mass is 32.2. The molecule has 1 fully saturated rings. The Morgan fingerprint density at radius 1 is 1.16 bits per heavy atom. The summed E-state index contributed by atoms with van der Waals surface area (Å²) in [5.74, 6) is 0.401. The average Bonchev–Trinajstić information content (AvgIpc) is 2.61. The molecule has 0 bridgehead atoms. The lowest BCUT2D eigenvalue weighted by Crippen LogP contribution is -2.40. The zero-order valence-electron chi connectivity index (χ0n) is 15.1. The highest BCUT2D eigenvalue weighted by Gasteiger charge is 2.24. The van der Waals surface area contributed by atoms with Crippen LogP contribution in [0.3, 0.4) is 0 Å². The van der Waals surface area contributed by atoms with Crippen LogP contribution in [-0.4, -0.2) is 39.7 Å². The van der Waals surface area contributed by atoms with Crippen LogP contribution in [0.4, 0.5) is 11.4 Å². The number of hydrogen-bond acceptors (Lipinski definition) is 4. The van der Waals surface area contributed by atoms with Gasteiger partial charge in [0.05, 0.1) is 5.75 Å². The van der Waals surface area contributed by atoms with Crippen LogP contribution < -0.4 is 14.9 Å². The van der Waals surface area contributed by atoms with Gasteiger partial charge in [0.2, 0.25) is 15.9 Å². The Morgan fingerprint density at radius 3 is 2.36 bits per heavy atom. The van der Waals surface area contributed by atoms with Crippen LogP contribution in [0.25, 0.3) is 0 Å². The number of amides is 1. The van der Waals surface area contributed by atoms with Crippen molar-refractivity contribution in [3.05, 3.63) is 24.3 Å². The molecule has 25 heavy (non-hydrogen) atoms. The van der Waals surface area contributed by atoms with E-state index in [2.05, 4.69) is 14.9 Å². The molecule has 0 aliphatic carbocycles. The Hall–Kier alpha value is -1.76. The molecule has 1 aromatic carbocycles. The van der Waals surface area contributed by atoms with E-state index >= 15 is 0 Å². The summed E-state index contributed by atoms with van der Waals surface area (Å²) >= 11 is 0. The molecular weight excluding hydrogens is 338 g/mol. The number of unbranched alkanes of at least 4 members (excludes halogenated alkanes) is 1. The Labute approximate surface area is 151 Å². The van der Waals surface area contributed by atoms with Crippen molar-refractivity contribution in [2.24, 2.45) is 5.92 Å². The first-order valence-electron chi connectivity index (χ1n) is 9.08. The number of rotatable bonds is 8.